The SMILES string of the molecule is Cc1nnc(NC(=O)NCCN2CCCCCC2)s1. The molecule has 1 aliphatic rings. The predicted molar refractivity (Wildman–Crippen MR) is 76.6 cm³/mol. The van der Waals surface area contributed by atoms with E-state index in [1.165, 1.54) is 37.0 Å². The monoisotopic (exact) mass is 283 g/mol. The second-order valence-electron chi connectivity index (χ2n) is 4.76. The van der Waals surface area contributed by atoms with Crippen molar-refractivity contribution >= 4 is 22.5 Å². The van der Waals surface area contributed by atoms with Gasteiger partial charge < -0.3 is 10.2 Å². The second kappa shape index (κ2) is 7.40. The van der Waals surface area contributed by atoms with Gasteiger partial charge in [0.25, 0.3) is 0 Å². The summed E-state index contributed by atoms with van der Waals surface area (Å²) in [5.74, 6) is 0. The molecule has 1 aromatic heterocycles. The standard InChI is InChI=1S/C12H21N5OS/c1-10-15-16-12(19-10)14-11(18)13-6-9-17-7-4-2-3-5-8-17/h2-9H2,1H3,(H2,13,14,16,18). The third-order valence-electron chi connectivity index (χ3n) is 3.16. The number of aromatic nitrogens is 2. The van der Waals surface area contributed by atoms with Crippen molar-refractivity contribution < 1.29 is 4.79 Å². The van der Waals surface area contributed by atoms with Crippen LogP contribution in [-0.2, 0) is 0 Å². The maximum absolute atomic E-state index is 11.6. The molecule has 0 unspecified atom stereocenters. The molecule has 2 heterocycles. The normalized spacial score (nSPS) is 16.9. The quantitative estimate of drug-likeness (QED) is 0.884. The zero-order valence-electron chi connectivity index (χ0n) is 11.3. The van der Waals surface area contributed by atoms with Gasteiger partial charge in [-0.15, -0.1) is 10.2 Å². The Balaban J connectivity index is 1.63. The van der Waals surface area contributed by atoms with Gasteiger partial charge >= 0.3 is 6.03 Å². The number of anilines is 1. The van der Waals surface area contributed by atoms with E-state index in [0.29, 0.717) is 11.7 Å². The molecule has 0 saturated carbocycles. The zero-order chi connectivity index (χ0) is 13.5. The van der Waals surface area contributed by atoms with Gasteiger partial charge in [-0.2, -0.15) is 0 Å². The van der Waals surface area contributed by atoms with Crippen molar-refractivity contribution in [2.45, 2.75) is 32.6 Å². The predicted octanol–water partition coefficient (Wildman–Crippen LogP) is 1.84. The number of likely N-dealkylation sites (tertiary alicyclic amines) is 1. The van der Waals surface area contributed by atoms with Crippen LogP contribution < -0.4 is 10.6 Å². The van der Waals surface area contributed by atoms with E-state index in [4.69, 9.17) is 0 Å². The van der Waals surface area contributed by atoms with Crippen molar-refractivity contribution in [3.63, 3.8) is 0 Å². The van der Waals surface area contributed by atoms with E-state index in [9.17, 15) is 4.79 Å². The third kappa shape index (κ3) is 5.12. The van der Waals surface area contributed by atoms with Crippen LogP contribution in [0.25, 0.3) is 0 Å². The van der Waals surface area contributed by atoms with Gasteiger partial charge in [0, 0.05) is 13.1 Å². The van der Waals surface area contributed by atoms with Gasteiger partial charge in [0.2, 0.25) is 5.13 Å². The Morgan fingerprint density at radius 3 is 2.63 bits per heavy atom. The van der Waals surface area contributed by atoms with Crippen LogP contribution in [0.1, 0.15) is 30.7 Å². The molecule has 2 rings (SSSR count). The molecule has 1 aliphatic heterocycles. The van der Waals surface area contributed by atoms with Crippen molar-refractivity contribution in [3.8, 4) is 0 Å². The number of urea groups is 1. The first kappa shape index (κ1) is 14.2. The Morgan fingerprint density at radius 1 is 1.26 bits per heavy atom. The minimum Gasteiger partial charge on any atom is -0.337 e. The molecule has 2 N–H and O–H groups in total. The van der Waals surface area contributed by atoms with Crippen LogP contribution in [0.3, 0.4) is 0 Å². The first-order valence-corrected chi connectivity index (χ1v) is 7.63. The Hall–Kier alpha value is -1.21. The number of amides is 2. The lowest BCUT2D eigenvalue weighted by atomic mass is 10.2. The van der Waals surface area contributed by atoms with E-state index in [1.807, 2.05) is 6.92 Å². The molecule has 19 heavy (non-hydrogen) atoms. The molecule has 1 fully saturated rings. The number of nitrogens with zero attached hydrogens (tertiary/aromatic N) is 3. The molecule has 106 valence electrons. The van der Waals surface area contributed by atoms with E-state index in [-0.39, 0.29) is 6.03 Å². The molecule has 7 heteroatoms. The maximum Gasteiger partial charge on any atom is 0.321 e. The topological polar surface area (TPSA) is 70.1 Å². The number of hydrogen-bond donors (Lipinski definition) is 2. The number of carbonyl (C=O) groups is 1. The molecular formula is C12H21N5OS. The van der Waals surface area contributed by atoms with Gasteiger partial charge in [-0.3, -0.25) is 5.32 Å². The van der Waals surface area contributed by atoms with E-state index in [2.05, 4.69) is 25.7 Å². The molecule has 0 spiro atoms. The van der Waals surface area contributed by atoms with Crippen molar-refractivity contribution in [3.05, 3.63) is 5.01 Å². The summed E-state index contributed by atoms with van der Waals surface area (Å²) in [6.45, 7) is 5.75. The minimum atomic E-state index is -0.203. The first-order chi connectivity index (χ1) is 9.24. The highest BCUT2D eigenvalue weighted by molar-refractivity contribution is 7.15. The second-order valence-corrected chi connectivity index (χ2v) is 5.94. The third-order valence-corrected chi connectivity index (χ3v) is 3.91. The molecular weight excluding hydrogens is 262 g/mol. The Kier molecular flexibility index (Phi) is 5.53. The highest BCUT2D eigenvalue weighted by atomic mass is 32.1. The van der Waals surface area contributed by atoms with Crippen LogP contribution in [0.4, 0.5) is 9.93 Å². The van der Waals surface area contributed by atoms with Crippen molar-refractivity contribution in [1.29, 1.82) is 0 Å². The van der Waals surface area contributed by atoms with Gasteiger partial charge in [0.05, 0.1) is 0 Å². The van der Waals surface area contributed by atoms with Gasteiger partial charge in [-0.05, 0) is 32.9 Å². The highest BCUT2D eigenvalue weighted by Crippen LogP contribution is 2.13. The summed E-state index contributed by atoms with van der Waals surface area (Å²) < 4.78 is 0. The summed E-state index contributed by atoms with van der Waals surface area (Å²) in [4.78, 5) is 14.0. The number of carbonyl (C=O) groups excluding carboxylic acids is 1. The fraction of sp³-hybridized carbons (Fsp3) is 0.750. The summed E-state index contributed by atoms with van der Waals surface area (Å²) in [5, 5.41) is 14.6. The summed E-state index contributed by atoms with van der Waals surface area (Å²) in [5.41, 5.74) is 0. The largest absolute Gasteiger partial charge is 0.337 e. The Morgan fingerprint density at radius 2 is 2.00 bits per heavy atom. The maximum atomic E-state index is 11.6. The van der Waals surface area contributed by atoms with E-state index in [1.54, 1.807) is 0 Å². The molecule has 0 aliphatic carbocycles. The minimum absolute atomic E-state index is 0.203. The zero-order valence-corrected chi connectivity index (χ0v) is 12.1. The summed E-state index contributed by atoms with van der Waals surface area (Å²) >= 11 is 1.38. The summed E-state index contributed by atoms with van der Waals surface area (Å²) in [6.07, 6.45) is 5.22. The summed E-state index contributed by atoms with van der Waals surface area (Å²) in [6, 6.07) is -0.203. The Labute approximate surface area is 117 Å². The van der Waals surface area contributed by atoms with E-state index >= 15 is 0 Å². The van der Waals surface area contributed by atoms with Crippen molar-refractivity contribution in [2.75, 3.05) is 31.5 Å². The lowest BCUT2D eigenvalue weighted by molar-refractivity contribution is 0.246. The average Bonchev–Trinajstić information content (AvgIpc) is 2.65. The van der Waals surface area contributed by atoms with Crippen molar-refractivity contribution in [2.24, 2.45) is 0 Å². The van der Waals surface area contributed by atoms with Gasteiger partial charge in [-0.1, -0.05) is 24.2 Å². The highest BCUT2D eigenvalue weighted by Gasteiger charge is 2.09. The van der Waals surface area contributed by atoms with Gasteiger partial charge in [0.1, 0.15) is 5.01 Å². The van der Waals surface area contributed by atoms with Gasteiger partial charge in [0.15, 0.2) is 0 Å². The molecule has 0 atom stereocenters. The van der Waals surface area contributed by atoms with Gasteiger partial charge in [-0.25, -0.2) is 4.79 Å². The fourth-order valence-corrected chi connectivity index (χ4v) is 2.76. The molecule has 6 nitrogen and oxygen atoms in total. The number of rotatable bonds is 4. The fourth-order valence-electron chi connectivity index (χ4n) is 2.18. The molecule has 1 saturated heterocycles. The molecule has 1 aromatic rings. The number of aryl methyl sites for hydroxylation is 1. The van der Waals surface area contributed by atoms with Crippen LogP contribution in [0.5, 0.6) is 0 Å². The lowest BCUT2D eigenvalue weighted by Crippen LogP contribution is -2.37. The number of nitrogens with one attached hydrogen (secondary N) is 2. The van der Waals surface area contributed by atoms with Crippen LogP contribution in [0.2, 0.25) is 0 Å². The van der Waals surface area contributed by atoms with Crippen molar-refractivity contribution in [1.82, 2.24) is 20.4 Å². The smallest absolute Gasteiger partial charge is 0.321 e. The molecule has 0 radical (unpaired) electrons. The molecule has 0 bridgehead atoms. The summed E-state index contributed by atoms with van der Waals surface area (Å²) in [7, 11) is 0. The average molecular weight is 283 g/mol. The van der Waals surface area contributed by atoms with Crippen LogP contribution >= 0.6 is 11.3 Å². The molecule has 2 amide bonds. The van der Waals surface area contributed by atoms with Crippen LogP contribution in [-0.4, -0.2) is 47.3 Å². The first-order valence-electron chi connectivity index (χ1n) is 6.81. The Bertz CT molecular complexity index is 401. The van der Waals surface area contributed by atoms with E-state index < -0.39 is 0 Å². The van der Waals surface area contributed by atoms with Crippen LogP contribution in [0.15, 0.2) is 0 Å². The number of hydrogen-bond acceptors (Lipinski definition) is 5. The lowest BCUT2D eigenvalue weighted by Gasteiger charge is -2.19. The molecule has 0 aromatic carbocycles. The van der Waals surface area contributed by atoms with E-state index in [0.717, 1.165) is 24.6 Å². The van der Waals surface area contributed by atoms with Crippen LogP contribution in [0, 0.1) is 6.92 Å².